The predicted octanol–water partition coefficient (Wildman–Crippen LogP) is 2.66. The Morgan fingerprint density at radius 3 is 2.71 bits per heavy atom. The van der Waals surface area contributed by atoms with E-state index >= 15 is 0 Å². The fraction of sp³-hybridized carbons (Fsp3) is 0.250. The lowest BCUT2D eigenvalue weighted by Gasteiger charge is -2.12. The average molecular weight is 257 g/mol. The Kier molecular flexibility index (Phi) is 4.40. The number of ether oxygens (including phenoxy) is 1. The zero-order chi connectivity index (χ0) is 13.0. The van der Waals surface area contributed by atoms with Crippen molar-refractivity contribution in [3.05, 3.63) is 34.9 Å². The summed E-state index contributed by atoms with van der Waals surface area (Å²) in [5, 5.41) is 19.2. The van der Waals surface area contributed by atoms with Crippen LogP contribution in [0, 0.1) is 0 Å². The Labute approximate surface area is 104 Å². The van der Waals surface area contributed by atoms with Gasteiger partial charge in [0.2, 0.25) is 0 Å². The van der Waals surface area contributed by atoms with Gasteiger partial charge in [0.1, 0.15) is 17.1 Å². The smallest absolute Gasteiger partial charge is 0.341 e. The number of methoxy groups -OCH3 is 1. The molecule has 0 aliphatic heterocycles. The summed E-state index contributed by atoms with van der Waals surface area (Å²) in [6.07, 6.45) is 2.60. The topological polar surface area (TPSA) is 66.8 Å². The van der Waals surface area contributed by atoms with Gasteiger partial charge >= 0.3 is 5.97 Å². The first kappa shape index (κ1) is 13.4. The van der Waals surface area contributed by atoms with Gasteiger partial charge in [-0.25, -0.2) is 4.79 Å². The number of rotatable bonds is 4. The number of hydrogen-bond acceptors (Lipinski definition) is 4. The molecule has 4 nitrogen and oxygen atoms in total. The molecule has 5 heteroatoms. The molecule has 0 unspecified atom stereocenters. The molecule has 0 spiro atoms. The fourth-order valence-electron chi connectivity index (χ4n) is 1.49. The molecule has 0 saturated carbocycles. The van der Waals surface area contributed by atoms with Crippen LogP contribution in [0.2, 0.25) is 5.02 Å². The zero-order valence-electron chi connectivity index (χ0n) is 9.36. The lowest BCUT2D eigenvalue weighted by atomic mass is 10.0. The molecule has 0 aromatic heterocycles. The fourth-order valence-corrected chi connectivity index (χ4v) is 1.74. The third-order valence-corrected chi connectivity index (χ3v) is 2.73. The van der Waals surface area contributed by atoms with Crippen LogP contribution in [0.5, 0.6) is 11.5 Å². The van der Waals surface area contributed by atoms with E-state index in [4.69, 9.17) is 11.6 Å². The Morgan fingerprint density at radius 2 is 2.18 bits per heavy atom. The van der Waals surface area contributed by atoms with Crippen molar-refractivity contribution in [2.24, 2.45) is 0 Å². The summed E-state index contributed by atoms with van der Waals surface area (Å²) in [6, 6.07) is 1.02. The maximum Gasteiger partial charge on any atom is 0.341 e. The number of carbonyl (C=O) groups excluding carboxylic acids is 1. The van der Waals surface area contributed by atoms with Gasteiger partial charge in [-0.05, 0) is 18.4 Å². The third kappa shape index (κ3) is 2.71. The maximum atomic E-state index is 11.5. The molecule has 1 aromatic rings. The van der Waals surface area contributed by atoms with Crippen molar-refractivity contribution in [2.45, 2.75) is 12.8 Å². The van der Waals surface area contributed by atoms with Gasteiger partial charge in [0, 0.05) is 6.07 Å². The number of esters is 1. The molecular weight excluding hydrogens is 244 g/mol. The van der Waals surface area contributed by atoms with Crippen LogP contribution in [0.3, 0.4) is 0 Å². The van der Waals surface area contributed by atoms with Crippen LogP contribution in [0.15, 0.2) is 18.7 Å². The molecule has 0 amide bonds. The number of carbonyl (C=O) groups is 1. The summed E-state index contributed by atoms with van der Waals surface area (Å²) in [4.78, 5) is 11.5. The van der Waals surface area contributed by atoms with Crippen molar-refractivity contribution in [2.75, 3.05) is 7.11 Å². The molecule has 1 aromatic carbocycles. The summed E-state index contributed by atoms with van der Waals surface area (Å²) in [6.45, 7) is 3.56. The maximum absolute atomic E-state index is 11.5. The van der Waals surface area contributed by atoms with Crippen molar-refractivity contribution in [3.63, 3.8) is 0 Å². The normalized spacial score (nSPS) is 10.0. The van der Waals surface area contributed by atoms with Crippen LogP contribution in [-0.4, -0.2) is 23.3 Å². The molecule has 0 aliphatic carbocycles. The average Bonchev–Trinajstić information content (AvgIpc) is 2.31. The summed E-state index contributed by atoms with van der Waals surface area (Å²) in [7, 11) is 1.21. The molecular formula is C12H13ClO4. The highest BCUT2D eigenvalue weighted by Crippen LogP contribution is 2.37. The second kappa shape index (κ2) is 5.59. The molecule has 0 atom stereocenters. The number of halogens is 1. The van der Waals surface area contributed by atoms with Gasteiger partial charge in [0.25, 0.3) is 0 Å². The van der Waals surface area contributed by atoms with E-state index in [0.29, 0.717) is 18.4 Å². The molecule has 92 valence electrons. The first-order valence-corrected chi connectivity index (χ1v) is 5.33. The number of benzene rings is 1. The lowest BCUT2D eigenvalue weighted by Crippen LogP contribution is -2.07. The minimum absolute atomic E-state index is 0.0165. The summed E-state index contributed by atoms with van der Waals surface area (Å²) < 4.78 is 4.57. The number of allylic oxidation sites excluding steroid dienone is 1. The summed E-state index contributed by atoms with van der Waals surface area (Å²) >= 11 is 5.90. The van der Waals surface area contributed by atoms with Gasteiger partial charge in [0.15, 0.2) is 0 Å². The van der Waals surface area contributed by atoms with Gasteiger partial charge < -0.3 is 14.9 Å². The van der Waals surface area contributed by atoms with Crippen LogP contribution < -0.4 is 0 Å². The molecule has 0 bridgehead atoms. The van der Waals surface area contributed by atoms with Crippen LogP contribution in [0.4, 0.5) is 0 Å². The SMILES string of the molecule is C=CCCc1c(Cl)c(O)cc(O)c1C(=O)OC. The molecule has 0 radical (unpaired) electrons. The van der Waals surface area contributed by atoms with Gasteiger partial charge in [-0.15, -0.1) is 6.58 Å². The number of hydrogen-bond donors (Lipinski definition) is 2. The number of phenols is 2. The van der Waals surface area contributed by atoms with Gasteiger partial charge in [-0.1, -0.05) is 17.7 Å². The van der Waals surface area contributed by atoms with E-state index in [2.05, 4.69) is 11.3 Å². The minimum Gasteiger partial charge on any atom is -0.507 e. The molecule has 1 rings (SSSR count). The molecule has 0 saturated heterocycles. The van der Waals surface area contributed by atoms with E-state index in [1.165, 1.54) is 7.11 Å². The van der Waals surface area contributed by atoms with E-state index < -0.39 is 5.97 Å². The monoisotopic (exact) mass is 256 g/mol. The van der Waals surface area contributed by atoms with Crippen molar-refractivity contribution in [1.82, 2.24) is 0 Å². The van der Waals surface area contributed by atoms with Gasteiger partial charge in [0.05, 0.1) is 12.1 Å². The number of aromatic hydroxyl groups is 2. The van der Waals surface area contributed by atoms with E-state index in [1.807, 2.05) is 0 Å². The van der Waals surface area contributed by atoms with Crippen molar-refractivity contribution in [3.8, 4) is 11.5 Å². The van der Waals surface area contributed by atoms with Crippen molar-refractivity contribution >= 4 is 17.6 Å². The second-order valence-electron chi connectivity index (χ2n) is 3.40. The van der Waals surface area contributed by atoms with Crippen molar-refractivity contribution < 1.29 is 19.7 Å². The van der Waals surface area contributed by atoms with Crippen LogP contribution in [0.25, 0.3) is 0 Å². The first-order valence-electron chi connectivity index (χ1n) is 4.95. The first-order chi connectivity index (χ1) is 8.02. The highest BCUT2D eigenvalue weighted by atomic mass is 35.5. The van der Waals surface area contributed by atoms with Gasteiger partial charge in [-0.2, -0.15) is 0 Å². The lowest BCUT2D eigenvalue weighted by molar-refractivity contribution is 0.0596. The molecule has 0 aliphatic rings. The highest BCUT2D eigenvalue weighted by molar-refractivity contribution is 6.33. The second-order valence-corrected chi connectivity index (χ2v) is 3.78. The Hall–Kier alpha value is -1.68. The Bertz CT molecular complexity index is 454. The molecule has 17 heavy (non-hydrogen) atoms. The van der Waals surface area contributed by atoms with E-state index in [9.17, 15) is 15.0 Å². The van der Waals surface area contributed by atoms with E-state index in [-0.39, 0.29) is 22.1 Å². The van der Waals surface area contributed by atoms with E-state index in [1.54, 1.807) is 6.08 Å². The largest absolute Gasteiger partial charge is 0.507 e. The molecule has 2 N–H and O–H groups in total. The summed E-state index contributed by atoms with van der Waals surface area (Å²) in [5.74, 6) is -1.31. The number of phenolic OH excluding ortho intramolecular Hbond substituents is 2. The predicted molar refractivity (Wildman–Crippen MR) is 64.6 cm³/mol. The van der Waals surface area contributed by atoms with Crippen LogP contribution in [-0.2, 0) is 11.2 Å². The minimum atomic E-state index is -0.691. The molecule has 0 heterocycles. The zero-order valence-corrected chi connectivity index (χ0v) is 10.1. The van der Waals surface area contributed by atoms with Gasteiger partial charge in [-0.3, -0.25) is 0 Å². The molecule has 0 fully saturated rings. The highest BCUT2D eigenvalue weighted by Gasteiger charge is 2.22. The Balaban J connectivity index is 3.38. The van der Waals surface area contributed by atoms with E-state index in [0.717, 1.165) is 6.07 Å². The summed E-state index contributed by atoms with van der Waals surface area (Å²) in [5.41, 5.74) is 0.341. The standard InChI is InChI=1S/C12H13ClO4/c1-3-4-5-7-10(12(16)17-2)8(14)6-9(15)11(7)13/h3,6,14-15H,1,4-5H2,2H3. The Morgan fingerprint density at radius 1 is 1.53 bits per heavy atom. The van der Waals surface area contributed by atoms with Crippen molar-refractivity contribution in [1.29, 1.82) is 0 Å². The van der Waals surface area contributed by atoms with Crippen LogP contribution >= 0.6 is 11.6 Å². The quantitative estimate of drug-likeness (QED) is 0.642. The third-order valence-electron chi connectivity index (χ3n) is 2.31. The van der Waals surface area contributed by atoms with Crippen LogP contribution in [0.1, 0.15) is 22.3 Å².